The largest absolute Gasteiger partial charge is 0.352 e. The fourth-order valence-electron chi connectivity index (χ4n) is 3.03. The molecule has 3 nitrogen and oxygen atoms in total. The van der Waals surface area contributed by atoms with Crippen molar-refractivity contribution in [3.63, 3.8) is 0 Å². The molecule has 0 spiro atoms. The van der Waals surface area contributed by atoms with Gasteiger partial charge in [-0.3, -0.25) is 9.69 Å². The lowest BCUT2D eigenvalue weighted by Crippen LogP contribution is -2.38. The van der Waals surface area contributed by atoms with Crippen LogP contribution in [0.25, 0.3) is 0 Å². The van der Waals surface area contributed by atoms with E-state index in [1.807, 2.05) is 0 Å². The maximum absolute atomic E-state index is 13.7. The third-order valence-corrected chi connectivity index (χ3v) is 5.48. The molecular formula is C18H20ClFN2OS. The van der Waals surface area contributed by atoms with Crippen molar-refractivity contribution in [3.05, 3.63) is 57.0 Å². The van der Waals surface area contributed by atoms with Crippen molar-refractivity contribution in [2.75, 3.05) is 19.6 Å². The highest BCUT2D eigenvalue weighted by molar-refractivity contribution is 7.07. The molecule has 1 aromatic heterocycles. The first-order valence-corrected chi connectivity index (χ1v) is 9.41. The molecule has 1 N–H and O–H groups in total. The van der Waals surface area contributed by atoms with Crippen molar-refractivity contribution in [1.29, 1.82) is 0 Å². The topological polar surface area (TPSA) is 32.3 Å². The standard InChI is InChI=1S/C18H20ClFN2OS/c19-15-2-1-3-16(20)17(15)18(23)21-10-13-4-7-22(8-5-13)11-14-6-9-24-12-14/h1-3,6,9,12-13H,4-5,7-8,10-11H2,(H,21,23). The van der Waals surface area contributed by atoms with Gasteiger partial charge in [-0.1, -0.05) is 17.7 Å². The van der Waals surface area contributed by atoms with Gasteiger partial charge in [-0.05, 0) is 66.4 Å². The first-order chi connectivity index (χ1) is 11.6. The van der Waals surface area contributed by atoms with E-state index in [4.69, 9.17) is 11.6 Å². The summed E-state index contributed by atoms with van der Waals surface area (Å²) in [5.74, 6) is -0.581. The zero-order valence-corrected chi connectivity index (χ0v) is 14.9. The number of nitrogens with one attached hydrogen (secondary N) is 1. The van der Waals surface area contributed by atoms with Crippen LogP contribution in [0.15, 0.2) is 35.0 Å². The van der Waals surface area contributed by atoms with Crippen molar-refractivity contribution in [1.82, 2.24) is 10.2 Å². The van der Waals surface area contributed by atoms with Crippen LogP contribution in [0.5, 0.6) is 0 Å². The first-order valence-electron chi connectivity index (χ1n) is 8.09. The molecule has 2 aromatic rings. The molecule has 1 aromatic carbocycles. The molecule has 0 atom stereocenters. The molecule has 0 aliphatic carbocycles. The highest BCUT2D eigenvalue weighted by Gasteiger charge is 2.21. The van der Waals surface area contributed by atoms with Crippen molar-refractivity contribution in [2.45, 2.75) is 19.4 Å². The van der Waals surface area contributed by atoms with Crippen LogP contribution in [-0.2, 0) is 6.54 Å². The Balaban J connectivity index is 1.46. The molecule has 1 saturated heterocycles. The Labute approximate surface area is 150 Å². The second-order valence-corrected chi connectivity index (χ2v) is 7.35. The number of carbonyl (C=O) groups is 1. The second kappa shape index (κ2) is 8.10. The lowest BCUT2D eigenvalue weighted by atomic mass is 9.96. The fourth-order valence-corrected chi connectivity index (χ4v) is 3.94. The monoisotopic (exact) mass is 366 g/mol. The van der Waals surface area contributed by atoms with E-state index in [0.29, 0.717) is 12.5 Å². The summed E-state index contributed by atoms with van der Waals surface area (Å²) in [6.45, 7) is 3.61. The van der Waals surface area contributed by atoms with Gasteiger partial charge in [-0.15, -0.1) is 0 Å². The van der Waals surface area contributed by atoms with Gasteiger partial charge in [0.05, 0.1) is 10.6 Å². The maximum atomic E-state index is 13.7. The number of carbonyl (C=O) groups excluding carboxylic acids is 1. The van der Waals surface area contributed by atoms with Crippen molar-refractivity contribution >= 4 is 28.8 Å². The molecular weight excluding hydrogens is 347 g/mol. The fraction of sp³-hybridized carbons (Fsp3) is 0.389. The smallest absolute Gasteiger partial charge is 0.255 e. The Hall–Kier alpha value is -1.43. The SMILES string of the molecule is O=C(NCC1CCN(Cc2ccsc2)CC1)c1c(F)cccc1Cl. The predicted molar refractivity (Wildman–Crippen MR) is 96.1 cm³/mol. The lowest BCUT2D eigenvalue weighted by molar-refractivity contribution is 0.0931. The number of nitrogens with zero attached hydrogens (tertiary/aromatic N) is 1. The number of benzene rings is 1. The van der Waals surface area contributed by atoms with Gasteiger partial charge in [0.1, 0.15) is 5.82 Å². The Morgan fingerprint density at radius 2 is 2.12 bits per heavy atom. The molecule has 0 bridgehead atoms. The van der Waals surface area contributed by atoms with E-state index >= 15 is 0 Å². The van der Waals surface area contributed by atoms with Crippen LogP contribution < -0.4 is 5.32 Å². The van der Waals surface area contributed by atoms with Crippen molar-refractivity contribution < 1.29 is 9.18 Å². The van der Waals surface area contributed by atoms with E-state index in [-0.39, 0.29) is 10.6 Å². The molecule has 2 heterocycles. The third-order valence-electron chi connectivity index (χ3n) is 4.43. The van der Waals surface area contributed by atoms with Gasteiger partial charge < -0.3 is 5.32 Å². The Morgan fingerprint density at radius 3 is 2.79 bits per heavy atom. The molecule has 0 radical (unpaired) electrons. The number of rotatable bonds is 5. The summed E-state index contributed by atoms with van der Waals surface area (Å²) in [6.07, 6.45) is 2.07. The minimum Gasteiger partial charge on any atom is -0.352 e. The summed E-state index contributed by atoms with van der Waals surface area (Å²) < 4.78 is 13.7. The van der Waals surface area contributed by atoms with Gasteiger partial charge in [0.25, 0.3) is 5.91 Å². The summed E-state index contributed by atoms with van der Waals surface area (Å²) in [5.41, 5.74) is 1.30. The van der Waals surface area contributed by atoms with Crippen LogP contribution in [-0.4, -0.2) is 30.4 Å². The average Bonchev–Trinajstić information content (AvgIpc) is 3.07. The molecule has 3 rings (SSSR count). The van der Waals surface area contributed by atoms with Crippen LogP contribution in [0.4, 0.5) is 4.39 Å². The van der Waals surface area contributed by atoms with Crippen molar-refractivity contribution in [3.8, 4) is 0 Å². The van der Waals surface area contributed by atoms with Gasteiger partial charge in [-0.2, -0.15) is 11.3 Å². The van der Waals surface area contributed by atoms with E-state index in [0.717, 1.165) is 32.5 Å². The summed E-state index contributed by atoms with van der Waals surface area (Å²) in [5, 5.41) is 7.27. The minimum atomic E-state index is -0.578. The molecule has 1 amide bonds. The number of likely N-dealkylation sites (tertiary alicyclic amines) is 1. The number of hydrogen-bond acceptors (Lipinski definition) is 3. The summed E-state index contributed by atoms with van der Waals surface area (Å²) >= 11 is 7.65. The van der Waals surface area contributed by atoms with E-state index in [1.165, 1.54) is 23.8 Å². The third kappa shape index (κ3) is 4.35. The van der Waals surface area contributed by atoms with Crippen LogP contribution in [0, 0.1) is 11.7 Å². The van der Waals surface area contributed by atoms with Crippen molar-refractivity contribution in [2.24, 2.45) is 5.92 Å². The lowest BCUT2D eigenvalue weighted by Gasteiger charge is -2.31. The zero-order valence-electron chi connectivity index (χ0n) is 13.3. The molecule has 24 heavy (non-hydrogen) atoms. The maximum Gasteiger partial charge on any atom is 0.255 e. The highest BCUT2D eigenvalue weighted by atomic mass is 35.5. The molecule has 1 aliphatic heterocycles. The quantitative estimate of drug-likeness (QED) is 0.860. The Morgan fingerprint density at radius 1 is 1.33 bits per heavy atom. The predicted octanol–water partition coefficient (Wildman–Crippen LogP) is 4.18. The molecule has 0 saturated carbocycles. The van der Waals surface area contributed by atoms with Crippen LogP contribution in [0.1, 0.15) is 28.8 Å². The minimum absolute atomic E-state index is 0.0611. The summed E-state index contributed by atoms with van der Waals surface area (Å²) in [7, 11) is 0. The number of amides is 1. The Kier molecular flexibility index (Phi) is 5.87. The highest BCUT2D eigenvalue weighted by Crippen LogP contribution is 2.21. The zero-order chi connectivity index (χ0) is 16.9. The van der Waals surface area contributed by atoms with E-state index < -0.39 is 11.7 Å². The first kappa shape index (κ1) is 17.4. The molecule has 128 valence electrons. The van der Waals surface area contributed by atoms with Gasteiger partial charge >= 0.3 is 0 Å². The molecule has 1 fully saturated rings. The summed E-state index contributed by atoms with van der Waals surface area (Å²) in [6, 6.07) is 6.44. The van der Waals surface area contributed by atoms with Crippen LogP contribution in [0.3, 0.4) is 0 Å². The number of thiophene rings is 1. The van der Waals surface area contributed by atoms with Gasteiger partial charge in [0, 0.05) is 13.1 Å². The van der Waals surface area contributed by atoms with Gasteiger partial charge in [-0.25, -0.2) is 4.39 Å². The number of halogens is 2. The van der Waals surface area contributed by atoms with E-state index in [1.54, 1.807) is 11.3 Å². The van der Waals surface area contributed by atoms with E-state index in [2.05, 4.69) is 27.0 Å². The molecule has 1 aliphatic rings. The van der Waals surface area contributed by atoms with Gasteiger partial charge in [0.15, 0.2) is 0 Å². The molecule has 6 heteroatoms. The van der Waals surface area contributed by atoms with Crippen LogP contribution in [0.2, 0.25) is 5.02 Å². The number of piperidine rings is 1. The second-order valence-electron chi connectivity index (χ2n) is 6.16. The average molecular weight is 367 g/mol. The normalized spacial score (nSPS) is 16.2. The Bertz CT molecular complexity index is 664. The van der Waals surface area contributed by atoms with E-state index in [9.17, 15) is 9.18 Å². The summed E-state index contributed by atoms with van der Waals surface area (Å²) in [4.78, 5) is 14.6. The van der Waals surface area contributed by atoms with Crippen LogP contribution >= 0.6 is 22.9 Å². The molecule has 0 unspecified atom stereocenters. The number of hydrogen-bond donors (Lipinski definition) is 1. The van der Waals surface area contributed by atoms with Gasteiger partial charge in [0.2, 0.25) is 0 Å².